The van der Waals surface area contributed by atoms with E-state index in [9.17, 15) is 9.59 Å². The molecule has 0 aliphatic rings. The normalized spacial score (nSPS) is 11.9. The van der Waals surface area contributed by atoms with Crippen molar-refractivity contribution in [3.8, 4) is 5.75 Å². The molecule has 0 heterocycles. The van der Waals surface area contributed by atoms with Gasteiger partial charge in [0.2, 0.25) is 5.91 Å². The maximum absolute atomic E-state index is 13.2. The highest BCUT2D eigenvalue weighted by molar-refractivity contribution is 9.10. The number of aryl methyl sites for hydroxylation is 2. The highest BCUT2D eigenvalue weighted by atomic mass is 79.9. The van der Waals surface area contributed by atoms with Crippen molar-refractivity contribution < 1.29 is 14.3 Å². The lowest BCUT2D eigenvalue weighted by atomic mass is 10.1. The van der Waals surface area contributed by atoms with Crippen LogP contribution in [-0.4, -0.2) is 35.4 Å². The molecule has 1 atom stereocenters. The first-order valence-electron chi connectivity index (χ1n) is 10.4. The zero-order chi connectivity index (χ0) is 23.1. The van der Waals surface area contributed by atoms with E-state index in [4.69, 9.17) is 16.3 Å². The molecule has 31 heavy (non-hydrogen) atoms. The Morgan fingerprint density at radius 1 is 1.16 bits per heavy atom. The molecule has 0 aromatic heterocycles. The molecule has 1 unspecified atom stereocenters. The molecule has 2 amide bonds. The van der Waals surface area contributed by atoms with Gasteiger partial charge in [-0.15, -0.1) is 0 Å². The van der Waals surface area contributed by atoms with E-state index in [1.807, 2.05) is 65.0 Å². The summed E-state index contributed by atoms with van der Waals surface area (Å²) in [5.74, 6) is 0.154. The summed E-state index contributed by atoms with van der Waals surface area (Å²) in [4.78, 5) is 27.6. The monoisotopic (exact) mass is 508 g/mol. The predicted molar refractivity (Wildman–Crippen MR) is 128 cm³/mol. The molecule has 0 aliphatic carbocycles. The van der Waals surface area contributed by atoms with Crippen LogP contribution in [0.3, 0.4) is 0 Å². The van der Waals surface area contributed by atoms with Crippen LogP contribution in [0.25, 0.3) is 0 Å². The molecule has 0 radical (unpaired) electrons. The number of carbonyl (C=O) groups excluding carboxylic acids is 2. The number of benzene rings is 2. The second-order valence-corrected chi connectivity index (χ2v) is 9.06. The van der Waals surface area contributed by atoms with Crippen molar-refractivity contribution in [2.45, 2.75) is 59.7 Å². The maximum atomic E-state index is 13.2. The summed E-state index contributed by atoms with van der Waals surface area (Å²) in [5.41, 5.74) is 2.83. The highest BCUT2D eigenvalue weighted by Crippen LogP contribution is 2.26. The summed E-state index contributed by atoms with van der Waals surface area (Å²) in [7, 11) is 0. The molecule has 0 saturated carbocycles. The van der Waals surface area contributed by atoms with Gasteiger partial charge in [-0.1, -0.05) is 52.7 Å². The van der Waals surface area contributed by atoms with Gasteiger partial charge < -0.3 is 15.0 Å². The van der Waals surface area contributed by atoms with Gasteiger partial charge in [0, 0.05) is 22.1 Å². The third-order valence-corrected chi connectivity index (χ3v) is 6.51. The molecule has 0 fully saturated rings. The Balaban J connectivity index is 2.26. The SMILES string of the molecule is CCC(C(=O)NC(C)C)N(Cc1ccccc1Cl)C(=O)COc1cc(C)c(Br)c(C)c1. The van der Waals surface area contributed by atoms with Gasteiger partial charge in [0.25, 0.3) is 5.91 Å². The number of hydrogen-bond donors (Lipinski definition) is 1. The average Bonchev–Trinajstić information content (AvgIpc) is 2.70. The minimum absolute atomic E-state index is 0.0243. The van der Waals surface area contributed by atoms with E-state index in [1.165, 1.54) is 0 Å². The van der Waals surface area contributed by atoms with E-state index in [0.29, 0.717) is 17.2 Å². The zero-order valence-electron chi connectivity index (χ0n) is 18.7. The molecule has 0 spiro atoms. The summed E-state index contributed by atoms with van der Waals surface area (Å²) >= 11 is 9.87. The van der Waals surface area contributed by atoms with Gasteiger partial charge in [-0.05, 0) is 69.0 Å². The lowest BCUT2D eigenvalue weighted by Crippen LogP contribution is -2.51. The summed E-state index contributed by atoms with van der Waals surface area (Å²) < 4.78 is 6.83. The smallest absolute Gasteiger partial charge is 0.261 e. The average molecular weight is 510 g/mol. The third kappa shape index (κ3) is 6.97. The number of ether oxygens (including phenoxy) is 1. The molecule has 5 nitrogen and oxygen atoms in total. The topological polar surface area (TPSA) is 58.6 Å². The number of nitrogens with one attached hydrogen (secondary N) is 1. The van der Waals surface area contributed by atoms with Gasteiger partial charge in [0.05, 0.1) is 0 Å². The van der Waals surface area contributed by atoms with Crippen LogP contribution < -0.4 is 10.1 Å². The van der Waals surface area contributed by atoms with Crippen LogP contribution in [0.5, 0.6) is 5.75 Å². The second kappa shape index (κ2) is 11.5. The van der Waals surface area contributed by atoms with Crippen molar-refractivity contribution in [2.75, 3.05) is 6.61 Å². The Labute approximate surface area is 198 Å². The third-order valence-electron chi connectivity index (χ3n) is 4.89. The summed E-state index contributed by atoms with van der Waals surface area (Å²) in [6, 6.07) is 10.4. The highest BCUT2D eigenvalue weighted by Gasteiger charge is 2.29. The first-order chi connectivity index (χ1) is 14.6. The molecule has 0 saturated heterocycles. The molecule has 2 rings (SSSR count). The number of carbonyl (C=O) groups is 2. The van der Waals surface area contributed by atoms with Crippen LogP contribution in [-0.2, 0) is 16.1 Å². The van der Waals surface area contributed by atoms with Crippen molar-refractivity contribution in [1.82, 2.24) is 10.2 Å². The van der Waals surface area contributed by atoms with E-state index in [1.54, 1.807) is 11.0 Å². The minimum atomic E-state index is -0.622. The summed E-state index contributed by atoms with van der Waals surface area (Å²) in [6.45, 7) is 9.68. The van der Waals surface area contributed by atoms with Gasteiger partial charge in [-0.2, -0.15) is 0 Å². The number of nitrogens with zero attached hydrogens (tertiary/aromatic N) is 1. The molecular weight excluding hydrogens is 480 g/mol. The molecule has 1 N–H and O–H groups in total. The Bertz CT molecular complexity index is 910. The van der Waals surface area contributed by atoms with Crippen LogP contribution in [0.2, 0.25) is 5.02 Å². The fraction of sp³-hybridized carbons (Fsp3) is 0.417. The predicted octanol–water partition coefficient (Wildman–Crippen LogP) is 5.43. The first kappa shape index (κ1) is 25.2. The van der Waals surface area contributed by atoms with E-state index in [2.05, 4.69) is 21.2 Å². The number of rotatable bonds is 9. The van der Waals surface area contributed by atoms with Gasteiger partial charge in [0.1, 0.15) is 11.8 Å². The molecule has 0 bridgehead atoms. The van der Waals surface area contributed by atoms with Crippen LogP contribution >= 0.6 is 27.5 Å². The van der Waals surface area contributed by atoms with Gasteiger partial charge in [-0.3, -0.25) is 9.59 Å². The molecular formula is C24H30BrClN2O3. The van der Waals surface area contributed by atoms with Crippen molar-refractivity contribution in [3.05, 3.63) is 62.6 Å². The summed E-state index contributed by atoms with van der Waals surface area (Å²) in [6.07, 6.45) is 0.477. The van der Waals surface area contributed by atoms with Gasteiger partial charge in [-0.25, -0.2) is 0 Å². The fourth-order valence-electron chi connectivity index (χ4n) is 3.33. The van der Waals surface area contributed by atoms with Crippen LogP contribution in [0.4, 0.5) is 0 Å². The van der Waals surface area contributed by atoms with E-state index in [-0.39, 0.29) is 31.0 Å². The van der Waals surface area contributed by atoms with Gasteiger partial charge >= 0.3 is 0 Å². The van der Waals surface area contributed by atoms with E-state index < -0.39 is 6.04 Å². The minimum Gasteiger partial charge on any atom is -0.484 e. The number of hydrogen-bond acceptors (Lipinski definition) is 3. The van der Waals surface area contributed by atoms with Gasteiger partial charge in [0.15, 0.2) is 6.61 Å². The molecule has 2 aromatic rings. The first-order valence-corrected chi connectivity index (χ1v) is 11.5. The molecule has 168 valence electrons. The molecule has 7 heteroatoms. The largest absolute Gasteiger partial charge is 0.484 e. The lowest BCUT2D eigenvalue weighted by molar-refractivity contribution is -0.143. The fourth-order valence-corrected chi connectivity index (χ4v) is 3.75. The van der Waals surface area contributed by atoms with Crippen molar-refractivity contribution in [3.63, 3.8) is 0 Å². The quantitative estimate of drug-likeness (QED) is 0.490. The van der Waals surface area contributed by atoms with E-state index >= 15 is 0 Å². The molecule has 0 aliphatic heterocycles. The standard InChI is InChI=1S/C24H30BrClN2O3/c1-6-21(24(30)27-15(2)3)28(13-18-9-7-8-10-20(18)26)22(29)14-31-19-11-16(4)23(25)17(5)12-19/h7-12,15,21H,6,13-14H2,1-5H3,(H,27,30). The Morgan fingerprint density at radius 3 is 2.32 bits per heavy atom. The second-order valence-electron chi connectivity index (χ2n) is 7.86. The van der Waals surface area contributed by atoms with Crippen LogP contribution in [0.1, 0.15) is 43.9 Å². The van der Waals surface area contributed by atoms with Crippen molar-refractivity contribution >= 4 is 39.3 Å². The Morgan fingerprint density at radius 2 is 1.77 bits per heavy atom. The van der Waals surface area contributed by atoms with Crippen LogP contribution in [0.15, 0.2) is 40.9 Å². The van der Waals surface area contributed by atoms with Crippen molar-refractivity contribution in [2.24, 2.45) is 0 Å². The maximum Gasteiger partial charge on any atom is 0.261 e. The Hall–Kier alpha value is -2.05. The van der Waals surface area contributed by atoms with Crippen LogP contribution in [0, 0.1) is 13.8 Å². The Kier molecular flexibility index (Phi) is 9.38. The van der Waals surface area contributed by atoms with Crippen molar-refractivity contribution in [1.29, 1.82) is 0 Å². The lowest BCUT2D eigenvalue weighted by Gasteiger charge is -2.31. The number of amides is 2. The summed E-state index contributed by atoms with van der Waals surface area (Å²) in [5, 5.41) is 3.47. The molecule has 2 aromatic carbocycles. The number of halogens is 2. The zero-order valence-corrected chi connectivity index (χ0v) is 21.0. The van der Waals surface area contributed by atoms with E-state index in [0.717, 1.165) is 21.2 Å².